The summed E-state index contributed by atoms with van der Waals surface area (Å²) in [5.74, 6) is 1.66. The zero-order valence-electron chi connectivity index (χ0n) is 13.8. The van der Waals surface area contributed by atoms with Crippen molar-refractivity contribution in [1.29, 1.82) is 0 Å². The lowest BCUT2D eigenvalue weighted by Gasteiger charge is -2.23. The van der Waals surface area contributed by atoms with E-state index in [0.29, 0.717) is 29.4 Å². The predicted octanol–water partition coefficient (Wildman–Crippen LogP) is 4.42. The Balaban J connectivity index is 2.36. The number of ether oxygens (including phenoxy) is 1. The van der Waals surface area contributed by atoms with Crippen molar-refractivity contribution in [3.63, 3.8) is 0 Å². The van der Waals surface area contributed by atoms with Crippen LogP contribution in [0, 0.1) is 16.7 Å². The summed E-state index contributed by atoms with van der Waals surface area (Å²) in [7, 11) is 0. The molecule has 1 atom stereocenters. The average Bonchev–Trinajstić information content (AvgIpc) is 2.79. The molecule has 1 unspecified atom stereocenters. The first kappa shape index (κ1) is 15.4. The summed E-state index contributed by atoms with van der Waals surface area (Å²) in [5, 5.41) is 3.69. The molecule has 1 fully saturated rings. The Hall–Kier alpha value is -1.02. The van der Waals surface area contributed by atoms with Crippen molar-refractivity contribution in [2.45, 2.75) is 47.6 Å². The smallest absolute Gasteiger partial charge is 0.124 e. The summed E-state index contributed by atoms with van der Waals surface area (Å²) >= 11 is 0. The van der Waals surface area contributed by atoms with Crippen LogP contribution in [0.4, 0.5) is 0 Å². The molecule has 2 nitrogen and oxygen atoms in total. The third kappa shape index (κ3) is 2.35. The van der Waals surface area contributed by atoms with Gasteiger partial charge in [0.2, 0.25) is 0 Å². The van der Waals surface area contributed by atoms with Crippen molar-refractivity contribution in [2.75, 3.05) is 13.2 Å². The van der Waals surface area contributed by atoms with Crippen molar-refractivity contribution in [2.24, 2.45) is 16.7 Å². The Morgan fingerprint density at radius 2 is 1.70 bits per heavy atom. The van der Waals surface area contributed by atoms with Crippen LogP contribution in [0.25, 0.3) is 0 Å². The van der Waals surface area contributed by atoms with Crippen LogP contribution in [0.1, 0.15) is 53.1 Å². The topological polar surface area (TPSA) is 21.3 Å². The monoisotopic (exact) mass is 275 g/mol. The molecular formula is C18H29NO. The molecule has 0 bridgehead atoms. The maximum Gasteiger partial charge on any atom is 0.124 e. The average molecular weight is 275 g/mol. The molecule has 1 aliphatic rings. The van der Waals surface area contributed by atoms with Crippen LogP contribution in [0.2, 0.25) is 0 Å². The minimum Gasteiger partial charge on any atom is -0.494 e. The fraction of sp³-hybridized carbons (Fsp3) is 0.667. The molecule has 20 heavy (non-hydrogen) atoms. The number of benzene rings is 1. The third-order valence-corrected chi connectivity index (χ3v) is 5.44. The molecule has 1 aliphatic carbocycles. The number of nitrogens with one attached hydrogen (secondary N) is 1. The van der Waals surface area contributed by atoms with Crippen molar-refractivity contribution in [1.82, 2.24) is 5.32 Å². The van der Waals surface area contributed by atoms with Gasteiger partial charge in [-0.15, -0.1) is 0 Å². The molecule has 0 spiro atoms. The summed E-state index contributed by atoms with van der Waals surface area (Å²) in [6, 6.07) is 8.84. The molecule has 0 amide bonds. The second-order valence-electron chi connectivity index (χ2n) is 6.93. The lowest BCUT2D eigenvalue weighted by atomic mass is 9.95. The summed E-state index contributed by atoms with van der Waals surface area (Å²) in [4.78, 5) is 0. The van der Waals surface area contributed by atoms with Gasteiger partial charge in [0.15, 0.2) is 0 Å². The van der Waals surface area contributed by atoms with E-state index in [4.69, 9.17) is 4.74 Å². The van der Waals surface area contributed by atoms with Gasteiger partial charge < -0.3 is 10.1 Å². The van der Waals surface area contributed by atoms with E-state index in [0.717, 1.165) is 12.3 Å². The van der Waals surface area contributed by atoms with Gasteiger partial charge in [0, 0.05) is 11.6 Å². The van der Waals surface area contributed by atoms with Crippen molar-refractivity contribution >= 4 is 0 Å². The maximum atomic E-state index is 5.84. The second-order valence-corrected chi connectivity index (χ2v) is 6.93. The van der Waals surface area contributed by atoms with Crippen LogP contribution in [0.5, 0.6) is 5.75 Å². The Morgan fingerprint density at radius 3 is 2.20 bits per heavy atom. The second kappa shape index (κ2) is 5.40. The Bertz CT molecular complexity index is 450. The Kier molecular flexibility index (Phi) is 4.15. The molecule has 0 saturated heterocycles. The fourth-order valence-electron chi connectivity index (χ4n) is 3.73. The lowest BCUT2D eigenvalue weighted by molar-refractivity contribution is 0.323. The van der Waals surface area contributed by atoms with Gasteiger partial charge in [-0.2, -0.15) is 0 Å². The summed E-state index contributed by atoms with van der Waals surface area (Å²) in [6.07, 6.45) is 0. The van der Waals surface area contributed by atoms with E-state index >= 15 is 0 Å². The maximum absolute atomic E-state index is 5.84. The van der Waals surface area contributed by atoms with Gasteiger partial charge in [-0.1, -0.05) is 52.8 Å². The molecular weight excluding hydrogens is 246 g/mol. The highest BCUT2D eigenvalue weighted by Crippen LogP contribution is 2.72. The van der Waals surface area contributed by atoms with Crippen LogP contribution in [0.3, 0.4) is 0 Å². The van der Waals surface area contributed by atoms with Crippen molar-refractivity contribution in [3.8, 4) is 5.75 Å². The normalized spacial score (nSPS) is 21.5. The summed E-state index contributed by atoms with van der Waals surface area (Å²) in [6.45, 7) is 15.4. The molecule has 2 rings (SSSR count). The SMILES string of the molecule is CCNC(c1ccccc1OCC)C1C(C)(C)C1(C)C. The third-order valence-electron chi connectivity index (χ3n) is 5.44. The molecule has 1 saturated carbocycles. The van der Waals surface area contributed by atoms with E-state index in [1.165, 1.54) is 5.56 Å². The standard InChI is InChI=1S/C18H29NO/c1-7-19-15(16-17(3,4)18(16,5)6)13-11-9-10-12-14(13)20-8-2/h9-12,15-16,19H,7-8H2,1-6H3. The van der Waals surface area contributed by atoms with Crippen LogP contribution in [-0.2, 0) is 0 Å². The van der Waals surface area contributed by atoms with Crippen LogP contribution in [0.15, 0.2) is 24.3 Å². The van der Waals surface area contributed by atoms with E-state index in [1.54, 1.807) is 0 Å². The van der Waals surface area contributed by atoms with E-state index in [1.807, 2.05) is 6.92 Å². The first-order valence-corrected chi connectivity index (χ1v) is 7.83. The van der Waals surface area contributed by atoms with Crippen LogP contribution >= 0.6 is 0 Å². The molecule has 0 aromatic heterocycles. The minimum absolute atomic E-state index is 0.360. The van der Waals surface area contributed by atoms with Crippen molar-refractivity contribution < 1.29 is 4.74 Å². The number of rotatable bonds is 6. The zero-order valence-corrected chi connectivity index (χ0v) is 13.8. The van der Waals surface area contributed by atoms with Gasteiger partial charge in [-0.05, 0) is 36.3 Å². The first-order chi connectivity index (χ1) is 9.37. The highest BCUT2D eigenvalue weighted by Gasteiger charge is 2.67. The molecule has 2 heteroatoms. The molecule has 1 N–H and O–H groups in total. The minimum atomic E-state index is 0.360. The number of hydrogen-bond acceptors (Lipinski definition) is 2. The van der Waals surface area contributed by atoms with E-state index in [9.17, 15) is 0 Å². The van der Waals surface area contributed by atoms with Crippen LogP contribution < -0.4 is 10.1 Å². The quantitative estimate of drug-likeness (QED) is 0.830. The Labute approximate surface area is 123 Å². The Morgan fingerprint density at radius 1 is 1.10 bits per heavy atom. The summed E-state index contributed by atoms with van der Waals surface area (Å²) < 4.78 is 5.84. The first-order valence-electron chi connectivity index (χ1n) is 7.83. The van der Waals surface area contributed by atoms with Gasteiger partial charge in [0.1, 0.15) is 5.75 Å². The van der Waals surface area contributed by atoms with Crippen LogP contribution in [-0.4, -0.2) is 13.2 Å². The predicted molar refractivity (Wildman–Crippen MR) is 85.1 cm³/mol. The fourth-order valence-corrected chi connectivity index (χ4v) is 3.73. The molecule has 112 valence electrons. The number of para-hydroxylation sites is 1. The van der Waals surface area contributed by atoms with Gasteiger partial charge in [0.05, 0.1) is 6.61 Å². The van der Waals surface area contributed by atoms with Gasteiger partial charge in [-0.25, -0.2) is 0 Å². The van der Waals surface area contributed by atoms with Gasteiger partial charge in [0.25, 0.3) is 0 Å². The lowest BCUT2D eigenvalue weighted by Crippen LogP contribution is -2.25. The van der Waals surface area contributed by atoms with E-state index < -0.39 is 0 Å². The highest BCUT2D eigenvalue weighted by molar-refractivity contribution is 5.39. The molecule has 0 radical (unpaired) electrons. The van der Waals surface area contributed by atoms with Crippen molar-refractivity contribution in [3.05, 3.63) is 29.8 Å². The van der Waals surface area contributed by atoms with E-state index in [2.05, 4.69) is 64.2 Å². The van der Waals surface area contributed by atoms with Gasteiger partial charge in [-0.3, -0.25) is 0 Å². The molecule has 1 aromatic carbocycles. The number of hydrogen-bond donors (Lipinski definition) is 1. The molecule has 1 aromatic rings. The zero-order chi connectivity index (χ0) is 15.0. The van der Waals surface area contributed by atoms with E-state index in [-0.39, 0.29) is 0 Å². The molecule has 0 heterocycles. The van der Waals surface area contributed by atoms with Gasteiger partial charge >= 0.3 is 0 Å². The summed E-state index contributed by atoms with van der Waals surface area (Å²) in [5.41, 5.74) is 2.03. The highest BCUT2D eigenvalue weighted by atomic mass is 16.5. The molecule has 0 aliphatic heterocycles. The largest absolute Gasteiger partial charge is 0.494 e.